The molecule has 0 radical (unpaired) electrons. The van der Waals surface area contributed by atoms with Crippen LogP contribution in [-0.4, -0.2) is 36.1 Å². The molecule has 2 fully saturated rings. The number of carbonyl (C=O) groups is 1. The molecule has 2 aliphatic rings. The Morgan fingerprint density at radius 1 is 1.10 bits per heavy atom. The highest BCUT2D eigenvalue weighted by molar-refractivity contribution is 6.31. The molecular formula is C22H25ClF2N4O. The van der Waals surface area contributed by atoms with Gasteiger partial charge in [-0.2, -0.15) is 0 Å². The Balaban J connectivity index is 1.24. The van der Waals surface area contributed by atoms with Crippen LogP contribution in [0.25, 0.3) is 0 Å². The van der Waals surface area contributed by atoms with Gasteiger partial charge in [-0.25, -0.2) is 19.6 Å². The van der Waals surface area contributed by atoms with Crippen LogP contribution in [0.2, 0.25) is 5.02 Å². The van der Waals surface area contributed by atoms with Crippen molar-refractivity contribution < 1.29 is 13.6 Å². The fraction of sp³-hybridized carbons (Fsp3) is 0.409. The smallest absolute Gasteiger partial charge is 0.224 e. The molecule has 8 heteroatoms. The predicted molar refractivity (Wildman–Crippen MR) is 112 cm³/mol. The molecule has 0 saturated carbocycles. The van der Waals surface area contributed by atoms with E-state index >= 15 is 0 Å². The van der Waals surface area contributed by atoms with E-state index in [0.29, 0.717) is 0 Å². The van der Waals surface area contributed by atoms with Gasteiger partial charge in [0.15, 0.2) is 0 Å². The molecule has 30 heavy (non-hydrogen) atoms. The van der Waals surface area contributed by atoms with Gasteiger partial charge >= 0.3 is 0 Å². The second kappa shape index (κ2) is 9.39. The first-order chi connectivity index (χ1) is 14.5. The normalized spacial score (nSPS) is 22.9. The van der Waals surface area contributed by atoms with Gasteiger partial charge in [0.2, 0.25) is 5.91 Å². The van der Waals surface area contributed by atoms with Gasteiger partial charge in [0.25, 0.3) is 0 Å². The number of hydrogen-bond donors (Lipinski definition) is 3. The van der Waals surface area contributed by atoms with Gasteiger partial charge in [-0.3, -0.25) is 9.69 Å². The average Bonchev–Trinajstić information content (AvgIpc) is 3.22. The van der Waals surface area contributed by atoms with Crippen molar-refractivity contribution in [1.29, 1.82) is 0 Å². The summed E-state index contributed by atoms with van der Waals surface area (Å²) in [4.78, 5) is 14.7. The van der Waals surface area contributed by atoms with E-state index in [1.54, 1.807) is 18.2 Å². The standard InChI is InChI=1S/C22H25ClF2N4O/c23-18-2-1-3-19(25)17(18)12-22(30)26-16-8-10-29(11-9-16)21-13-20(27-28-21)14-4-6-15(24)7-5-14/h1-7,16,20-21,27-28H,8-13H2,(H,26,30). The van der Waals surface area contributed by atoms with Crippen LogP contribution in [0.3, 0.4) is 0 Å². The maximum atomic E-state index is 13.9. The SMILES string of the molecule is O=C(Cc1c(F)cccc1Cl)NC1CCN(C2CC(c3ccc(F)cc3)NN2)CC1. The minimum atomic E-state index is -0.456. The van der Waals surface area contributed by atoms with Crippen molar-refractivity contribution in [3.05, 3.63) is 70.2 Å². The number of rotatable bonds is 5. The number of amides is 1. The molecule has 3 N–H and O–H groups in total. The van der Waals surface area contributed by atoms with Gasteiger partial charge in [0, 0.05) is 35.8 Å². The molecule has 0 bridgehead atoms. The Morgan fingerprint density at radius 3 is 2.53 bits per heavy atom. The lowest BCUT2D eigenvalue weighted by atomic mass is 10.0. The van der Waals surface area contributed by atoms with E-state index < -0.39 is 5.82 Å². The Labute approximate surface area is 179 Å². The molecule has 0 aliphatic carbocycles. The summed E-state index contributed by atoms with van der Waals surface area (Å²) >= 11 is 6.01. The monoisotopic (exact) mass is 434 g/mol. The molecule has 0 aromatic heterocycles. The molecule has 2 aromatic rings. The van der Waals surface area contributed by atoms with E-state index in [2.05, 4.69) is 21.1 Å². The molecule has 2 heterocycles. The highest BCUT2D eigenvalue weighted by Crippen LogP contribution is 2.26. The number of nitrogens with zero attached hydrogens (tertiary/aromatic N) is 1. The van der Waals surface area contributed by atoms with Gasteiger partial charge < -0.3 is 5.32 Å². The fourth-order valence-electron chi connectivity index (χ4n) is 4.19. The summed E-state index contributed by atoms with van der Waals surface area (Å²) < 4.78 is 27.0. The molecule has 1 amide bonds. The quantitative estimate of drug-likeness (QED) is 0.676. The van der Waals surface area contributed by atoms with Gasteiger partial charge in [-0.1, -0.05) is 29.8 Å². The Morgan fingerprint density at radius 2 is 1.83 bits per heavy atom. The molecule has 2 aliphatic heterocycles. The molecular weight excluding hydrogens is 410 g/mol. The number of benzene rings is 2. The minimum Gasteiger partial charge on any atom is -0.353 e. The third-order valence-corrected chi connectivity index (χ3v) is 6.24. The van der Waals surface area contributed by atoms with E-state index in [1.165, 1.54) is 24.3 Å². The van der Waals surface area contributed by atoms with Gasteiger partial charge in [0.05, 0.1) is 12.6 Å². The molecule has 2 saturated heterocycles. The molecule has 2 unspecified atom stereocenters. The van der Waals surface area contributed by atoms with Crippen molar-refractivity contribution in [2.75, 3.05) is 13.1 Å². The number of piperidine rings is 1. The second-order valence-electron chi connectivity index (χ2n) is 7.90. The summed E-state index contributed by atoms with van der Waals surface area (Å²) in [6.07, 6.45) is 2.67. The molecule has 160 valence electrons. The van der Waals surface area contributed by atoms with Crippen LogP contribution in [0.15, 0.2) is 42.5 Å². The lowest BCUT2D eigenvalue weighted by Gasteiger charge is -2.35. The van der Waals surface area contributed by atoms with Crippen molar-refractivity contribution in [2.45, 2.75) is 43.9 Å². The van der Waals surface area contributed by atoms with Crippen LogP contribution < -0.4 is 16.2 Å². The van der Waals surface area contributed by atoms with Crippen LogP contribution in [0.5, 0.6) is 0 Å². The molecule has 2 atom stereocenters. The maximum absolute atomic E-state index is 13.9. The van der Waals surface area contributed by atoms with E-state index in [4.69, 9.17) is 11.6 Å². The van der Waals surface area contributed by atoms with E-state index in [1.807, 2.05) is 0 Å². The predicted octanol–water partition coefficient (Wildman–Crippen LogP) is 3.31. The maximum Gasteiger partial charge on any atom is 0.224 e. The number of likely N-dealkylation sites (tertiary alicyclic amines) is 1. The first-order valence-electron chi connectivity index (χ1n) is 10.2. The Kier molecular flexibility index (Phi) is 6.63. The number of hydrazine groups is 1. The van der Waals surface area contributed by atoms with Crippen molar-refractivity contribution in [1.82, 2.24) is 21.1 Å². The molecule has 0 spiro atoms. The largest absolute Gasteiger partial charge is 0.353 e. The van der Waals surface area contributed by atoms with Crippen molar-refractivity contribution in [2.24, 2.45) is 0 Å². The van der Waals surface area contributed by atoms with Crippen LogP contribution in [0.1, 0.15) is 36.4 Å². The number of carbonyl (C=O) groups excluding carboxylic acids is 1. The number of halogens is 3. The lowest BCUT2D eigenvalue weighted by Crippen LogP contribution is -2.51. The summed E-state index contributed by atoms with van der Waals surface area (Å²) in [5, 5.41) is 3.28. The van der Waals surface area contributed by atoms with Gasteiger partial charge in [-0.15, -0.1) is 0 Å². The van der Waals surface area contributed by atoms with E-state index in [0.717, 1.165) is 37.9 Å². The summed E-state index contributed by atoms with van der Waals surface area (Å²) in [6.45, 7) is 1.70. The van der Waals surface area contributed by atoms with Crippen LogP contribution >= 0.6 is 11.6 Å². The minimum absolute atomic E-state index is 0.0564. The number of nitrogens with one attached hydrogen (secondary N) is 3. The van der Waals surface area contributed by atoms with Gasteiger partial charge in [-0.05, 0) is 49.1 Å². The highest BCUT2D eigenvalue weighted by Gasteiger charge is 2.32. The molecule has 4 rings (SSSR count). The van der Waals surface area contributed by atoms with Crippen LogP contribution in [-0.2, 0) is 11.2 Å². The Bertz CT molecular complexity index is 867. The zero-order chi connectivity index (χ0) is 21.1. The number of hydrogen-bond acceptors (Lipinski definition) is 4. The summed E-state index contributed by atoms with van der Waals surface area (Å²) in [6, 6.07) is 11.2. The topological polar surface area (TPSA) is 56.4 Å². The van der Waals surface area contributed by atoms with Crippen molar-refractivity contribution in [3.8, 4) is 0 Å². The first-order valence-corrected chi connectivity index (χ1v) is 10.6. The van der Waals surface area contributed by atoms with E-state index in [9.17, 15) is 13.6 Å². The first kappa shape index (κ1) is 21.2. The average molecular weight is 435 g/mol. The van der Waals surface area contributed by atoms with Crippen molar-refractivity contribution in [3.63, 3.8) is 0 Å². The zero-order valence-electron chi connectivity index (χ0n) is 16.5. The molecule has 2 aromatic carbocycles. The van der Waals surface area contributed by atoms with Crippen LogP contribution in [0.4, 0.5) is 8.78 Å². The summed E-state index contributed by atoms with van der Waals surface area (Å²) in [5.41, 5.74) is 7.91. The highest BCUT2D eigenvalue weighted by atomic mass is 35.5. The molecule has 5 nitrogen and oxygen atoms in total. The van der Waals surface area contributed by atoms with Gasteiger partial charge in [0.1, 0.15) is 11.6 Å². The third-order valence-electron chi connectivity index (χ3n) is 5.89. The second-order valence-corrected chi connectivity index (χ2v) is 8.31. The Hall–Kier alpha value is -2.06. The summed E-state index contributed by atoms with van der Waals surface area (Å²) in [7, 11) is 0. The van der Waals surface area contributed by atoms with E-state index in [-0.39, 0.29) is 47.0 Å². The summed E-state index contributed by atoms with van der Waals surface area (Å²) in [5.74, 6) is -0.900. The third kappa shape index (κ3) is 4.98. The fourth-order valence-corrected chi connectivity index (χ4v) is 4.42. The zero-order valence-corrected chi connectivity index (χ0v) is 17.3. The lowest BCUT2D eigenvalue weighted by molar-refractivity contribution is -0.121. The van der Waals surface area contributed by atoms with Crippen molar-refractivity contribution >= 4 is 17.5 Å². The van der Waals surface area contributed by atoms with Crippen LogP contribution in [0, 0.1) is 11.6 Å².